The molecule has 0 spiro atoms. The maximum absolute atomic E-state index is 12.4. The Balaban J connectivity index is 2.20. The van der Waals surface area contributed by atoms with E-state index in [0.29, 0.717) is 28.6 Å². The summed E-state index contributed by atoms with van der Waals surface area (Å²) in [6, 6.07) is 8.95. The van der Waals surface area contributed by atoms with Crippen molar-refractivity contribution in [2.45, 2.75) is 59.1 Å². The summed E-state index contributed by atoms with van der Waals surface area (Å²) in [7, 11) is 0. The molecule has 8 heteroatoms. The van der Waals surface area contributed by atoms with Crippen LogP contribution in [0.3, 0.4) is 0 Å². The lowest BCUT2D eigenvalue weighted by molar-refractivity contribution is -0.0250. The number of nitriles is 1. The highest BCUT2D eigenvalue weighted by Gasteiger charge is 2.32. The summed E-state index contributed by atoms with van der Waals surface area (Å²) < 4.78 is 11.7. The molecule has 0 fully saturated rings. The number of nitrogens with one attached hydrogen (secondary N) is 1. The molecular formula is C23H29ClN4O3. The molecule has 1 aromatic heterocycles. The quantitative estimate of drug-likeness (QED) is 0.576. The van der Waals surface area contributed by atoms with Crippen molar-refractivity contribution < 1.29 is 14.3 Å². The van der Waals surface area contributed by atoms with Crippen molar-refractivity contribution >= 4 is 17.7 Å². The summed E-state index contributed by atoms with van der Waals surface area (Å²) in [5.41, 5.74) is 0.395. The molecule has 1 heterocycles. The average molecular weight is 445 g/mol. The smallest absolute Gasteiger partial charge is 0.408 e. The molecule has 1 amide bonds. The Bertz CT molecular complexity index is 966. The van der Waals surface area contributed by atoms with E-state index in [1.165, 1.54) is 6.33 Å². The summed E-state index contributed by atoms with van der Waals surface area (Å²) in [5.74, 6) is 0.678. The van der Waals surface area contributed by atoms with Gasteiger partial charge in [-0.25, -0.2) is 14.8 Å². The molecule has 166 valence electrons. The van der Waals surface area contributed by atoms with E-state index in [0.717, 1.165) is 5.56 Å². The minimum Gasteiger partial charge on any atom is -0.488 e. The monoisotopic (exact) mass is 444 g/mol. The van der Waals surface area contributed by atoms with Crippen molar-refractivity contribution in [1.82, 2.24) is 15.3 Å². The first kappa shape index (κ1) is 24.4. The van der Waals surface area contributed by atoms with E-state index in [1.807, 2.05) is 41.5 Å². The fraction of sp³-hybridized carbons (Fsp3) is 0.478. The van der Waals surface area contributed by atoms with Crippen LogP contribution in [0, 0.1) is 17.2 Å². The van der Waals surface area contributed by atoms with E-state index in [9.17, 15) is 10.1 Å². The summed E-state index contributed by atoms with van der Waals surface area (Å²) in [6.07, 6.45) is 1.46. The molecule has 0 saturated heterocycles. The highest BCUT2D eigenvalue weighted by atomic mass is 35.5. The van der Waals surface area contributed by atoms with E-state index >= 15 is 0 Å². The van der Waals surface area contributed by atoms with Crippen LogP contribution in [-0.2, 0) is 4.74 Å². The number of hydrogen-bond donors (Lipinski definition) is 1. The van der Waals surface area contributed by atoms with Gasteiger partial charge in [0, 0.05) is 17.2 Å². The second kappa shape index (κ2) is 9.97. The normalized spacial score (nSPS) is 13.3. The summed E-state index contributed by atoms with van der Waals surface area (Å²) in [5, 5.41) is 12.7. The Kier molecular flexibility index (Phi) is 7.85. The van der Waals surface area contributed by atoms with E-state index in [2.05, 4.69) is 21.4 Å². The molecule has 2 rings (SSSR count). The summed E-state index contributed by atoms with van der Waals surface area (Å²) >= 11 is 5.94. The van der Waals surface area contributed by atoms with Crippen molar-refractivity contribution in [3.63, 3.8) is 0 Å². The molecule has 0 aliphatic carbocycles. The number of benzene rings is 1. The van der Waals surface area contributed by atoms with Gasteiger partial charge in [0.25, 0.3) is 0 Å². The van der Waals surface area contributed by atoms with Crippen LogP contribution in [0.5, 0.6) is 5.75 Å². The molecule has 0 radical (unpaired) electrons. The molecule has 31 heavy (non-hydrogen) atoms. The lowest BCUT2D eigenvalue weighted by Gasteiger charge is -2.32. The molecule has 0 saturated carbocycles. The minimum absolute atomic E-state index is 0.107. The van der Waals surface area contributed by atoms with Gasteiger partial charge >= 0.3 is 6.09 Å². The number of alkyl carbamates (subject to hydrolysis) is 1. The van der Waals surface area contributed by atoms with Gasteiger partial charge in [-0.1, -0.05) is 25.4 Å². The van der Waals surface area contributed by atoms with E-state index in [4.69, 9.17) is 21.1 Å². The molecule has 0 aliphatic heterocycles. The third kappa shape index (κ3) is 7.72. The highest BCUT2D eigenvalue weighted by Crippen LogP contribution is 2.28. The largest absolute Gasteiger partial charge is 0.488 e. The second-order valence-electron chi connectivity index (χ2n) is 9.15. The maximum atomic E-state index is 12.4. The molecule has 1 N–H and O–H groups in total. The van der Waals surface area contributed by atoms with Gasteiger partial charge in [-0.05, 0) is 58.2 Å². The number of carbonyl (C=O) groups excluding carboxylic acids is 1. The van der Waals surface area contributed by atoms with Crippen molar-refractivity contribution in [1.29, 1.82) is 5.26 Å². The van der Waals surface area contributed by atoms with Crippen LogP contribution in [0.25, 0.3) is 11.3 Å². The lowest BCUT2D eigenvalue weighted by atomic mass is 9.95. The Morgan fingerprint density at radius 2 is 1.94 bits per heavy atom. The highest BCUT2D eigenvalue weighted by molar-refractivity contribution is 6.29. The van der Waals surface area contributed by atoms with Gasteiger partial charge in [-0.15, -0.1) is 0 Å². The number of halogens is 1. The zero-order chi connectivity index (χ0) is 23.2. The van der Waals surface area contributed by atoms with Crippen LogP contribution in [0.4, 0.5) is 4.79 Å². The van der Waals surface area contributed by atoms with Crippen LogP contribution in [-0.4, -0.2) is 33.8 Å². The zero-order valence-electron chi connectivity index (χ0n) is 18.8. The minimum atomic E-state index is -0.866. The van der Waals surface area contributed by atoms with Crippen molar-refractivity contribution in [3.8, 4) is 23.1 Å². The van der Waals surface area contributed by atoms with Gasteiger partial charge in [0.05, 0.1) is 11.3 Å². The molecule has 0 aliphatic rings. The first-order valence-electron chi connectivity index (χ1n) is 10.1. The number of amides is 1. The molecular weight excluding hydrogens is 416 g/mol. The molecule has 0 bridgehead atoms. The molecule has 0 unspecified atom stereocenters. The molecule has 7 nitrogen and oxygen atoms in total. The standard InChI is InChI=1S/C23H29ClN4O3/c1-15(2)11-23(6,31-21(29)28-22(3,4)5)13-30-19-8-7-16(9-17(19)12-25)18-10-20(24)27-14-26-18/h7-10,14-15H,11,13H2,1-6H3,(H,28,29)/t23-/m0/s1. The summed E-state index contributed by atoms with van der Waals surface area (Å²) in [4.78, 5) is 20.4. The zero-order valence-corrected chi connectivity index (χ0v) is 19.6. The number of ether oxygens (including phenoxy) is 2. The van der Waals surface area contributed by atoms with Gasteiger partial charge in [0.15, 0.2) is 0 Å². The maximum Gasteiger partial charge on any atom is 0.408 e. The van der Waals surface area contributed by atoms with Gasteiger partial charge < -0.3 is 14.8 Å². The number of carbonyl (C=O) groups is 1. The number of nitrogens with zero attached hydrogens (tertiary/aromatic N) is 3. The predicted molar refractivity (Wildman–Crippen MR) is 120 cm³/mol. The van der Waals surface area contributed by atoms with Gasteiger partial charge in [-0.3, -0.25) is 0 Å². The van der Waals surface area contributed by atoms with Gasteiger partial charge in [0.1, 0.15) is 35.5 Å². The number of rotatable bonds is 7. The molecule has 1 aromatic carbocycles. The Morgan fingerprint density at radius 3 is 2.52 bits per heavy atom. The SMILES string of the molecule is CC(C)C[C@@](C)(COc1ccc(-c2cc(Cl)ncn2)cc1C#N)OC(=O)NC(C)(C)C. The number of aromatic nitrogens is 2. The first-order chi connectivity index (χ1) is 14.4. The van der Waals surface area contributed by atoms with Crippen LogP contribution >= 0.6 is 11.6 Å². The van der Waals surface area contributed by atoms with E-state index in [-0.39, 0.29) is 12.5 Å². The van der Waals surface area contributed by atoms with Crippen LogP contribution < -0.4 is 10.1 Å². The van der Waals surface area contributed by atoms with Crippen molar-refractivity contribution in [2.24, 2.45) is 5.92 Å². The molecule has 1 atom stereocenters. The summed E-state index contributed by atoms with van der Waals surface area (Å²) in [6.45, 7) is 11.7. The van der Waals surface area contributed by atoms with E-state index < -0.39 is 17.2 Å². The average Bonchev–Trinajstić information content (AvgIpc) is 2.64. The number of hydrogen-bond acceptors (Lipinski definition) is 6. The van der Waals surface area contributed by atoms with Crippen LogP contribution in [0.15, 0.2) is 30.6 Å². The van der Waals surface area contributed by atoms with Crippen LogP contribution in [0.1, 0.15) is 53.5 Å². The first-order valence-corrected chi connectivity index (χ1v) is 10.4. The fourth-order valence-corrected chi connectivity index (χ4v) is 3.32. The topological polar surface area (TPSA) is 97.1 Å². The second-order valence-corrected chi connectivity index (χ2v) is 9.54. The molecule has 2 aromatic rings. The van der Waals surface area contributed by atoms with Crippen molar-refractivity contribution in [2.75, 3.05) is 6.61 Å². The predicted octanol–water partition coefficient (Wildman–Crippen LogP) is 5.38. The Morgan fingerprint density at radius 1 is 1.23 bits per heavy atom. The fourth-order valence-electron chi connectivity index (χ4n) is 3.17. The Labute approximate surface area is 188 Å². The third-order valence-electron chi connectivity index (χ3n) is 4.22. The van der Waals surface area contributed by atoms with Gasteiger partial charge in [-0.2, -0.15) is 5.26 Å². The lowest BCUT2D eigenvalue weighted by Crippen LogP contribution is -2.47. The third-order valence-corrected chi connectivity index (χ3v) is 4.43. The Hall–Kier alpha value is -2.85. The van der Waals surface area contributed by atoms with Crippen LogP contribution in [0.2, 0.25) is 5.15 Å². The van der Waals surface area contributed by atoms with Gasteiger partial charge in [0.2, 0.25) is 0 Å². The van der Waals surface area contributed by atoms with E-state index in [1.54, 1.807) is 24.3 Å². The van der Waals surface area contributed by atoms with Crippen molar-refractivity contribution in [3.05, 3.63) is 41.3 Å².